The lowest BCUT2D eigenvalue weighted by Crippen LogP contribution is -2.39. The standard InChI is InChI=1S/C17H28N4O3S/c22-25(23,17-1-2-17)19-9-15-11-20(10-14-4-7-24-8-5-14)13-16-3-6-18-21(16)12-15/h3,6,14-15,17,19H,1-2,4-5,7-13H2. The third-order valence-electron chi connectivity index (χ3n) is 5.53. The van der Waals surface area contributed by atoms with E-state index in [0.717, 1.165) is 65.1 Å². The molecule has 1 unspecified atom stereocenters. The monoisotopic (exact) mass is 368 g/mol. The molecule has 0 spiro atoms. The fraction of sp³-hybridized carbons (Fsp3) is 0.824. The molecule has 1 atom stereocenters. The summed E-state index contributed by atoms with van der Waals surface area (Å²) < 4.78 is 34.7. The molecule has 3 aliphatic rings. The van der Waals surface area contributed by atoms with Crippen molar-refractivity contribution in [2.75, 3.05) is 32.8 Å². The molecular weight excluding hydrogens is 340 g/mol. The highest BCUT2D eigenvalue weighted by atomic mass is 32.2. The Bertz CT molecular complexity index is 680. The van der Waals surface area contributed by atoms with Gasteiger partial charge in [0.25, 0.3) is 0 Å². The first-order chi connectivity index (χ1) is 12.1. The minimum absolute atomic E-state index is 0.156. The summed E-state index contributed by atoms with van der Waals surface area (Å²) in [4.78, 5) is 2.48. The van der Waals surface area contributed by atoms with E-state index in [1.807, 2.05) is 10.9 Å². The number of hydrogen-bond donors (Lipinski definition) is 1. The number of nitrogens with one attached hydrogen (secondary N) is 1. The van der Waals surface area contributed by atoms with Gasteiger partial charge in [0.2, 0.25) is 10.0 Å². The summed E-state index contributed by atoms with van der Waals surface area (Å²) in [6.07, 6.45) is 5.69. The molecule has 3 heterocycles. The zero-order valence-corrected chi connectivity index (χ0v) is 15.5. The van der Waals surface area contributed by atoms with Gasteiger partial charge in [-0.05, 0) is 37.7 Å². The fourth-order valence-corrected chi connectivity index (χ4v) is 5.37. The van der Waals surface area contributed by atoms with E-state index >= 15 is 0 Å². The van der Waals surface area contributed by atoms with Gasteiger partial charge in [0.1, 0.15) is 0 Å². The minimum Gasteiger partial charge on any atom is -0.381 e. The average molecular weight is 369 g/mol. The normalized spacial score (nSPS) is 26.3. The summed E-state index contributed by atoms with van der Waals surface area (Å²) in [5.41, 5.74) is 1.22. The molecule has 2 fully saturated rings. The van der Waals surface area contributed by atoms with E-state index in [9.17, 15) is 8.42 Å². The summed E-state index contributed by atoms with van der Waals surface area (Å²) in [6.45, 7) is 5.86. The zero-order chi connectivity index (χ0) is 17.3. The number of nitrogens with zero attached hydrogens (tertiary/aromatic N) is 3. The molecule has 1 aromatic rings. The largest absolute Gasteiger partial charge is 0.381 e. The number of hydrogen-bond acceptors (Lipinski definition) is 5. The zero-order valence-electron chi connectivity index (χ0n) is 14.6. The van der Waals surface area contributed by atoms with Crippen LogP contribution in [0.2, 0.25) is 0 Å². The van der Waals surface area contributed by atoms with Crippen molar-refractivity contribution in [2.24, 2.45) is 11.8 Å². The van der Waals surface area contributed by atoms with Gasteiger partial charge in [0.15, 0.2) is 0 Å². The molecule has 140 valence electrons. The van der Waals surface area contributed by atoms with Crippen molar-refractivity contribution in [3.63, 3.8) is 0 Å². The van der Waals surface area contributed by atoms with Gasteiger partial charge in [-0.1, -0.05) is 0 Å². The topological polar surface area (TPSA) is 76.5 Å². The van der Waals surface area contributed by atoms with E-state index in [-0.39, 0.29) is 11.2 Å². The van der Waals surface area contributed by atoms with Crippen LogP contribution in [0.1, 0.15) is 31.4 Å². The van der Waals surface area contributed by atoms with Gasteiger partial charge in [0.05, 0.1) is 10.9 Å². The summed E-state index contributed by atoms with van der Waals surface area (Å²) in [5, 5.41) is 4.28. The molecule has 0 radical (unpaired) electrons. The average Bonchev–Trinajstić information content (AvgIpc) is 3.39. The number of sulfonamides is 1. The Balaban J connectivity index is 1.41. The molecule has 7 nitrogen and oxygen atoms in total. The lowest BCUT2D eigenvalue weighted by atomic mass is 9.99. The van der Waals surface area contributed by atoms with Crippen molar-refractivity contribution in [2.45, 2.75) is 44.0 Å². The first-order valence-corrected chi connectivity index (χ1v) is 10.9. The minimum atomic E-state index is -3.12. The van der Waals surface area contributed by atoms with Crippen LogP contribution in [0.3, 0.4) is 0 Å². The van der Waals surface area contributed by atoms with Gasteiger partial charge in [-0.2, -0.15) is 5.10 Å². The number of rotatable bonds is 6. The Morgan fingerprint density at radius 3 is 2.72 bits per heavy atom. The molecule has 1 saturated heterocycles. The fourth-order valence-electron chi connectivity index (χ4n) is 3.91. The molecule has 2 aliphatic heterocycles. The maximum absolute atomic E-state index is 12.2. The molecule has 1 aromatic heterocycles. The van der Waals surface area contributed by atoms with Gasteiger partial charge >= 0.3 is 0 Å². The van der Waals surface area contributed by atoms with Crippen LogP contribution in [0, 0.1) is 11.8 Å². The van der Waals surface area contributed by atoms with Crippen molar-refractivity contribution in [1.29, 1.82) is 0 Å². The number of ether oxygens (including phenoxy) is 1. The quantitative estimate of drug-likeness (QED) is 0.805. The van der Waals surface area contributed by atoms with E-state index < -0.39 is 10.0 Å². The molecule has 0 amide bonds. The maximum atomic E-state index is 12.2. The smallest absolute Gasteiger partial charge is 0.214 e. The SMILES string of the molecule is O=S(=O)(NCC1CN(CC2CCOCC2)Cc2ccnn2C1)C1CC1. The van der Waals surface area contributed by atoms with E-state index in [0.29, 0.717) is 12.5 Å². The van der Waals surface area contributed by atoms with Crippen LogP contribution in [0.25, 0.3) is 0 Å². The molecule has 1 N–H and O–H groups in total. The highest BCUT2D eigenvalue weighted by Crippen LogP contribution is 2.28. The first kappa shape index (κ1) is 17.5. The predicted octanol–water partition coefficient (Wildman–Crippen LogP) is 0.823. The van der Waals surface area contributed by atoms with E-state index in [2.05, 4.69) is 20.8 Å². The summed E-state index contributed by atoms with van der Waals surface area (Å²) in [5.74, 6) is 0.918. The van der Waals surface area contributed by atoms with Crippen LogP contribution in [0.15, 0.2) is 12.3 Å². The molecule has 0 bridgehead atoms. The van der Waals surface area contributed by atoms with Gasteiger partial charge in [-0.3, -0.25) is 9.58 Å². The molecule has 4 rings (SSSR count). The van der Waals surface area contributed by atoms with Gasteiger partial charge in [-0.15, -0.1) is 0 Å². The molecule has 0 aromatic carbocycles. The van der Waals surface area contributed by atoms with E-state index in [4.69, 9.17) is 4.74 Å². The van der Waals surface area contributed by atoms with Crippen LogP contribution in [-0.4, -0.2) is 61.2 Å². The second-order valence-electron chi connectivity index (χ2n) is 7.71. The maximum Gasteiger partial charge on any atom is 0.214 e. The predicted molar refractivity (Wildman–Crippen MR) is 94.5 cm³/mol. The van der Waals surface area contributed by atoms with Crippen molar-refractivity contribution < 1.29 is 13.2 Å². The molecule has 8 heteroatoms. The van der Waals surface area contributed by atoms with Crippen LogP contribution in [0.4, 0.5) is 0 Å². The molecular formula is C17H28N4O3S. The van der Waals surface area contributed by atoms with Gasteiger partial charge < -0.3 is 4.74 Å². The molecule has 1 aliphatic carbocycles. The van der Waals surface area contributed by atoms with Crippen LogP contribution >= 0.6 is 0 Å². The third-order valence-corrected chi connectivity index (χ3v) is 7.45. The van der Waals surface area contributed by atoms with Gasteiger partial charge in [0, 0.05) is 58.1 Å². The Kier molecular flexibility index (Phi) is 5.13. The second-order valence-corrected chi connectivity index (χ2v) is 9.76. The number of aromatic nitrogens is 2. The van der Waals surface area contributed by atoms with E-state index in [1.54, 1.807) is 0 Å². The molecule has 25 heavy (non-hydrogen) atoms. The van der Waals surface area contributed by atoms with Crippen molar-refractivity contribution in [3.05, 3.63) is 18.0 Å². The highest BCUT2D eigenvalue weighted by Gasteiger charge is 2.36. The Hall–Kier alpha value is -0.960. The lowest BCUT2D eigenvalue weighted by molar-refractivity contribution is 0.0496. The second kappa shape index (κ2) is 7.34. The Morgan fingerprint density at radius 1 is 1.16 bits per heavy atom. The Morgan fingerprint density at radius 2 is 1.96 bits per heavy atom. The van der Waals surface area contributed by atoms with Crippen molar-refractivity contribution >= 4 is 10.0 Å². The third kappa shape index (κ3) is 4.42. The van der Waals surface area contributed by atoms with Crippen LogP contribution < -0.4 is 4.72 Å². The lowest BCUT2D eigenvalue weighted by Gasteiger charge is -2.30. The van der Waals surface area contributed by atoms with Gasteiger partial charge in [-0.25, -0.2) is 13.1 Å². The first-order valence-electron chi connectivity index (χ1n) is 9.39. The Labute approximate surface area is 149 Å². The number of fused-ring (bicyclic) bond motifs is 1. The van der Waals surface area contributed by atoms with E-state index in [1.165, 1.54) is 5.69 Å². The summed E-state index contributed by atoms with van der Waals surface area (Å²) in [7, 11) is -3.12. The molecule has 1 saturated carbocycles. The van der Waals surface area contributed by atoms with Crippen LogP contribution in [-0.2, 0) is 27.8 Å². The summed E-state index contributed by atoms with van der Waals surface area (Å²) in [6, 6.07) is 2.08. The summed E-state index contributed by atoms with van der Waals surface area (Å²) >= 11 is 0. The van der Waals surface area contributed by atoms with Crippen molar-refractivity contribution in [1.82, 2.24) is 19.4 Å². The highest BCUT2D eigenvalue weighted by molar-refractivity contribution is 7.90. The van der Waals surface area contributed by atoms with Crippen molar-refractivity contribution in [3.8, 4) is 0 Å². The van der Waals surface area contributed by atoms with Crippen LogP contribution in [0.5, 0.6) is 0 Å².